The second-order valence-electron chi connectivity index (χ2n) is 7.88. The molecule has 1 aromatic carbocycles. The number of amides is 3. The predicted octanol–water partition coefficient (Wildman–Crippen LogP) is 1.59. The van der Waals surface area contributed by atoms with Gasteiger partial charge in [0.2, 0.25) is 11.8 Å². The minimum atomic E-state index is -5.20. The topological polar surface area (TPSA) is 160 Å². The zero-order valence-corrected chi connectivity index (χ0v) is 19.5. The van der Waals surface area contributed by atoms with Crippen LogP contribution in [0.2, 0.25) is 0 Å². The fraction of sp³-hybridized carbons (Fsp3) is 0.318. The molecule has 204 valence electrons. The lowest BCUT2D eigenvalue weighted by Gasteiger charge is -2.27. The van der Waals surface area contributed by atoms with Gasteiger partial charge in [-0.25, -0.2) is 8.78 Å². The van der Waals surface area contributed by atoms with Crippen molar-refractivity contribution in [3.8, 4) is 5.75 Å². The number of carbonyl (C=O) groups excluding carboxylic acids is 3. The number of benzene rings is 1. The number of likely N-dealkylation sites (tertiary alicyclic amines) is 1. The quantitative estimate of drug-likeness (QED) is 0.276. The first kappa shape index (κ1) is 28.2. The number of methoxy groups -OCH3 is 1. The van der Waals surface area contributed by atoms with Crippen molar-refractivity contribution in [2.75, 3.05) is 30.8 Å². The number of ether oxygens (including phenoxy) is 2. The number of nitrogens with two attached hydrogens (primary N) is 1. The van der Waals surface area contributed by atoms with E-state index in [1.54, 1.807) is 0 Å². The normalized spacial score (nSPS) is 19.1. The summed E-state index contributed by atoms with van der Waals surface area (Å²) in [4.78, 5) is 42.0. The number of nitrogens with one attached hydrogen (secondary N) is 3. The molecule has 3 atom stereocenters. The molecule has 38 heavy (non-hydrogen) atoms. The Morgan fingerprint density at radius 3 is 2.58 bits per heavy atom. The Kier molecular flexibility index (Phi) is 8.45. The lowest BCUT2D eigenvalue weighted by molar-refractivity contribution is -0.275. The van der Waals surface area contributed by atoms with Crippen LogP contribution < -0.4 is 21.1 Å². The standard InChI is InChI=1S/C22H21F5N6O5/c1-37-19-11(23)9-33(15(34)8-31-13-7-30-6-5-10(13)17(28)20(29)35)18(19)21(36)32-12-3-2-4-14(16(12)24)38-22(25,26)27/h2-7,11,18-19,28,31H,8-9H2,1H3,(H2,29,35)(H,32,36)/t11-,18-,19+/m0/s1. The van der Waals surface area contributed by atoms with Crippen LogP contribution in [0.1, 0.15) is 5.56 Å². The number of hydrogen-bond donors (Lipinski definition) is 4. The number of halogens is 5. The first-order valence-corrected chi connectivity index (χ1v) is 10.7. The summed E-state index contributed by atoms with van der Waals surface area (Å²) in [6.07, 6.45) is -6.01. The molecule has 0 saturated carbocycles. The monoisotopic (exact) mass is 544 g/mol. The number of pyridine rings is 1. The van der Waals surface area contributed by atoms with E-state index in [0.29, 0.717) is 6.07 Å². The maximum atomic E-state index is 14.7. The van der Waals surface area contributed by atoms with Crippen molar-refractivity contribution < 1.29 is 45.8 Å². The van der Waals surface area contributed by atoms with Crippen molar-refractivity contribution in [2.45, 2.75) is 24.7 Å². The van der Waals surface area contributed by atoms with Gasteiger partial charge in [0.05, 0.1) is 30.7 Å². The fourth-order valence-electron chi connectivity index (χ4n) is 3.78. The average Bonchev–Trinajstić information content (AvgIpc) is 3.20. The third-order valence-electron chi connectivity index (χ3n) is 5.45. The number of aromatic nitrogens is 1. The van der Waals surface area contributed by atoms with Crippen LogP contribution in [-0.2, 0) is 19.1 Å². The van der Waals surface area contributed by atoms with E-state index in [1.165, 1.54) is 18.5 Å². The van der Waals surface area contributed by atoms with Crippen molar-refractivity contribution in [2.24, 2.45) is 5.73 Å². The molecule has 3 rings (SSSR count). The van der Waals surface area contributed by atoms with Crippen LogP contribution in [0.5, 0.6) is 5.75 Å². The van der Waals surface area contributed by atoms with Crippen molar-refractivity contribution in [3.63, 3.8) is 0 Å². The Bertz CT molecular complexity index is 1240. The van der Waals surface area contributed by atoms with Crippen LogP contribution in [0.4, 0.5) is 33.3 Å². The third-order valence-corrected chi connectivity index (χ3v) is 5.45. The van der Waals surface area contributed by atoms with Crippen molar-refractivity contribution >= 4 is 34.8 Å². The summed E-state index contributed by atoms with van der Waals surface area (Å²) < 4.78 is 75.4. The lowest BCUT2D eigenvalue weighted by atomic mass is 10.1. The molecule has 3 amide bonds. The number of rotatable bonds is 9. The van der Waals surface area contributed by atoms with Gasteiger partial charge in [0.1, 0.15) is 24.0 Å². The minimum absolute atomic E-state index is 0.0329. The highest BCUT2D eigenvalue weighted by molar-refractivity contribution is 6.44. The number of alkyl halides is 4. The molecular formula is C22H21F5N6O5. The second kappa shape index (κ2) is 11.4. The number of anilines is 2. The van der Waals surface area contributed by atoms with Gasteiger partial charge in [-0.3, -0.25) is 24.8 Å². The van der Waals surface area contributed by atoms with Crippen molar-refractivity contribution in [3.05, 3.63) is 48.0 Å². The van der Waals surface area contributed by atoms with E-state index in [2.05, 4.69) is 15.0 Å². The molecule has 0 spiro atoms. The Labute approximate surface area is 211 Å². The maximum absolute atomic E-state index is 14.7. The molecule has 0 bridgehead atoms. The molecule has 2 aromatic rings. The molecule has 0 unspecified atom stereocenters. The van der Waals surface area contributed by atoms with Crippen LogP contribution in [0.3, 0.4) is 0 Å². The van der Waals surface area contributed by atoms with Gasteiger partial charge in [0, 0.05) is 18.9 Å². The Morgan fingerprint density at radius 1 is 1.24 bits per heavy atom. The summed E-state index contributed by atoms with van der Waals surface area (Å²) >= 11 is 0. The Balaban J connectivity index is 1.80. The zero-order chi connectivity index (χ0) is 28.2. The fourth-order valence-corrected chi connectivity index (χ4v) is 3.78. The first-order valence-electron chi connectivity index (χ1n) is 10.7. The van der Waals surface area contributed by atoms with Gasteiger partial charge in [-0.05, 0) is 18.2 Å². The Morgan fingerprint density at radius 2 is 1.95 bits per heavy atom. The molecule has 2 heterocycles. The van der Waals surface area contributed by atoms with Crippen LogP contribution in [-0.4, -0.2) is 78.2 Å². The number of primary amides is 1. The first-order chi connectivity index (χ1) is 17.8. The zero-order valence-electron chi connectivity index (χ0n) is 19.5. The van der Waals surface area contributed by atoms with E-state index in [0.717, 1.165) is 24.1 Å². The largest absolute Gasteiger partial charge is 0.573 e. The van der Waals surface area contributed by atoms with Crippen LogP contribution in [0.25, 0.3) is 0 Å². The number of nitrogens with zero attached hydrogens (tertiary/aromatic N) is 2. The van der Waals surface area contributed by atoms with Gasteiger partial charge < -0.3 is 30.7 Å². The number of hydrogen-bond acceptors (Lipinski definition) is 8. The van der Waals surface area contributed by atoms with Crippen LogP contribution in [0.15, 0.2) is 36.7 Å². The highest BCUT2D eigenvalue weighted by Gasteiger charge is 2.48. The molecule has 0 aliphatic carbocycles. The van der Waals surface area contributed by atoms with Gasteiger partial charge in [-0.2, -0.15) is 0 Å². The molecular weight excluding hydrogens is 523 g/mol. The predicted molar refractivity (Wildman–Crippen MR) is 122 cm³/mol. The summed E-state index contributed by atoms with van der Waals surface area (Å²) in [5.41, 5.74) is 3.97. The maximum Gasteiger partial charge on any atom is 0.573 e. The van der Waals surface area contributed by atoms with E-state index in [-0.39, 0.29) is 11.3 Å². The molecule has 1 aliphatic rings. The molecule has 1 saturated heterocycles. The van der Waals surface area contributed by atoms with Gasteiger partial charge >= 0.3 is 6.36 Å². The van der Waals surface area contributed by atoms with Crippen molar-refractivity contribution in [1.29, 1.82) is 5.41 Å². The highest BCUT2D eigenvalue weighted by atomic mass is 19.4. The summed E-state index contributed by atoms with van der Waals surface area (Å²) in [6.45, 7) is -1.14. The van der Waals surface area contributed by atoms with Gasteiger partial charge in [0.15, 0.2) is 11.6 Å². The average molecular weight is 544 g/mol. The molecule has 1 fully saturated rings. The third kappa shape index (κ3) is 6.31. The smallest absolute Gasteiger partial charge is 0.403 e. The van der Waals surface area contributed by atoms with E-state index in [4.69, 9.17) is 15.9 Å². The van der Waals surface area contributed by atoms with Crippen LogP contribution in [0, 0.1) is 11.2 Å². The van der Waals surface area contributed by atoms with E-state index in [9.17, 15) is 36.3 Å². The second-order valence-corrected chi connectivity index (χ2v) is 7.88. The van der Waals surface area contributed by atoms with Gasteiger partial charge in [-0.15, -0.1) is 13.2 Å². The summed E-state index contributed by atoms with van der Waals surface area (Å²) in [5, 5.41) is 12.5. The molecule has 5 N–H and O–H groups in total. The summed E-state index contributed by atoms with van der Waals surface area (Å²) in [6, 6.07) is 2.30. The molecule has 1 aliphatic heterocycles. The molecule has 11 nitrogen and oxygen atoms in total. The van der Waals surface area contributed by atoms with E-state index >= 15 is 0 Å². The Hall–Kier alpha value is -4.34. The lowest BCUT2D eigenvalue weighted by Crippen LogP contribution is -2.50. The van der Waals surface area contributed by atoms with Gasteiger partial charge in [-0.1, -0.05) is 6.07 Å². The molecule has 0 radical (unpaired) electrons. The van der Waals surface area contributed by atoms with E-state index in [1.807, 2.05) is 5.32 Å². The van der Waals surface area contributed by atoms with Gasteiger partial charge in [0.25, 0.3) is 5.91 Å². The van der Waals surface area contributed by atoms with E-state index < -0.39 is 78.5 Å². The van der Waals surface area contributed by atoms with Crippen molar-refractivity contribution in [1.82, 2.24) is 9.88 Å². The minimum Gasteiger partial charge on any atom is -0.403 e. The van der Waals surface area contributed by atoms with Crippen LogP contribution >= 0.6 is 0 Å². The molecule has 16 heteroatoms. The molecule has 1 aromatic heterocycles. The summed E-state index contributed by atoms with van der Waals surface area (Å²) in [5.74, 6) is -5.75. The SMILES string of the molecule is CO[C@H]1[C@@H](C(=O)Nc2cccc(OC(F)(F)F)c2F)N(C(=O)CNc2cnccc2C(=N)C(N)=O)C[C@@H]1F. The summed E-state index contributed by atoms with van der Waals surface area (Å²) in [7, 11) is 1.08. The highest BCUT2D eigenvalue weighted by Crippen LogP contribution is 2.31. The number of carbonyl (C=O) groups is 3.